The van der Waals surface area contributed by atoms with Gasteiger partial charge in [0.25, 0.3) is 0 Å². The van der Waals surface area contributed by atoms with Gasteiger partial charge >= 0.3 is 29.8 Å². The Kier molecular flexibility index (Phi) is 116. The van der Waals surface area contributed by atoms with E-state index < -0.39 is 36.0 Å². The lowest BCUT2D eigenvalue weighted by atomic mass is 10.1. The minimum atomic E-state index is -0.664. The number of unbranched alkanes of at least 4 members (excludes halogenated alkanes) is 55. The second-order valence-corrected chi connectivity index (χ2v) is 29.7. The molecule has 12 nitrogen and oxygen atoms in total. The zero-order chi connectivity index (χ0) is 78.7. The van der Waals surface area contributed by atoms with Crippen LogP contribution in [0, 0.1) is 0 Å². The molecule has 0 saturated carbocycles. The van der Waals surface area contributed by atoms with Gasteiger partial charge in [-0.05, 0) is 167 Å². The summed E-state index contributed by atoms with van der Waals surface area (Å²) in [5, 5.41) is 58.5. The third-order valence-corrected chi connectivity index (χ3v) is 18.5. The first-order chi connectivity index (χ1) is 51.1. The van der Waals surface area contributed by atoms with Gasteiger partial charge in [0, 0.05) is 32.1 Å². The van der Waals surface area contributed by atoms with Gasteiger partial charge in [0.1, 0.15) is 0 Å². The lowest BCUT2D eigenvalue weighted by molar-refractivity contribution is -0.138. The number of hydrogen-bond donors (Lipinski definition) is 7. The van der Waals surface area contributed by atoms with E-state index in [1.165, 1.54) is 360 Å². The molecule has 0 aliphatic rings. The highest BCUT2D eigenvalue weighted by molar-refractivity contribution is 5.67. The predicted octanol–water partition coefficient (Wildman–Crippen LogP) is 29.9. The molecule has 0 aromatic heterocycles. The summed E-state index contributed by atoms with van der Waals surface area (Å²) in [6.45, 7) is 12.7. The maximum atomic E-state index is 10.3. The molecule has 0 aromatic rings. The van der Waals surface area contributed by atoms with Crippen LogP contribution in [-0.4, -0.2) is 78.3 Å². The van der Waals surface area contributed by atoms with Crippen molar-refractivity contribution in [1.82, 2.24) is 0 Å². The van der Waals surface area contributed by atoms with Crippen molar-refractivity contribution in [3.05, 3.63) is 60.8 Å². The highest BCUT2D eigenvalue weighted by Crippen LogP contribution is 2.16. The number of hydrogen-bond acceptors (Lipinski definition) is 7. The average Bonchev–Trinajstić information content (AvgIpc) is 3.86. The second kappa shape index (κ2) is 109. The van der Waals surface area contributed by atoms with Crippen molar-refractivity contribution in [2.24, 2.45) is 0 Å². The smallest absolute Gasteiger partial charge is 0.303 e. The Morgan fingerprint density at radius 1 is 0.200 bits per heavy atom. The normalized spacial score (nSPS) is 11.4. The molecule has 0 amide bonds. The molecule has 0 aromatic carbocycles. The molecule has 0 aliphatic carbocycles. The number of allylic oxidation sites excluding steroid dienone is 10. The second-order valence-electron chi connectivity index (χ2n) is 29.7. The fourth-order valence-electron chi connectivity index (χ4n) is 11.7. The van der Waals surface area contributed by atoms with Crippen molar-refractivity contribution in [3.8, 4) is 0 Å². The number of aliphatic hydroxyl groups is 2. The van der Waals surface area contributed by atoms with Crippen LogP contribution in [-0.2, 0) is 24.0 Å². The molecule has 105 heavy (non-hydrogen) atoms. The summed E-state index contributed by atoms with van der Waals surface area (Å²) >= 11 is 0. The number of rotatable bonds is 76. The summed E-state index contributed by atoms with van der Waals surface area (Å²) in [7, 11) is 0. The van der Waals surface area contributed by atoms with Crippen LogP contribution in [0.3, 0.4) is 0 Å². The van der Waals surface area contributed by atoms with E-state index >= 15 is 0 Å². The van der Waals surface area contributed by atoms with Gasteiger partial charge in [-0.15, -0.1) is 0 Å². The number of aliphatic carboxylic acids is 5. The van der Waals surface area contributed by atoms with Crippen molar-refractivity contribution >= 4 is 29.8 Å². The van der Waals surface area contributed by atoms with E-state index in [-0.39, 0.29) is 6.61 Å². The van der Waals surface area contributed by atoms with Crippen molar-refractivity contribution in [3.63, 3.8) is 0 Å². The summed E-state index contributed by atoms with van der Waals surface area (Å²) < 4.78 is 0. The summed E-state index contributed by atoms with van der Waals surface area (Å²) in [4.78, 5) is 51.6. The summed E-state index contributed by atoms with van der Waals surface area (Å²) in [6, 6.07) is 0. The SMILES string of the molecule is CC(O)CO.CCCCCCCC/C=C\CCCCCCCC(=O)O.CCCCCCCC/C=C\CCCCCCCC(=O)O.CCCCCCCC/C=C\CCCCCCCC(=O)O.CCCCCCCC/C=C\CCCCCCCC(=O)O.CCCCCCCC/C=C\CCCCCCCC(=O)O. The molecule has 0 fully saturated rings. The molecule has 0 aliphatic heterocycles. The molecule has 0 rings (SSSR count). The van der Waals surface area contributed by atoms with Crippen LogP contribution >= 0.6 is 0 Å². The zero-order valence-electron chi connectivity index (χ0n) is 70.2. The molecule has 0 bridgehead atoms. The quantitative estimate of drug-likeness (QED) is 0.0223. The maximum absolute atomic E-state index is 10.3. The molecular weight excluding hydrogens is 1310 g/mol. The molecular formula is C93H178O12. The van der Waals surface area contributed by atoms with E-state index in [0.29, 0.717) is 32.1 Å². The summed E-state index contributed by atoms with van der Waals surface area (Å²) in [5.74, 6) is -3.32. The van der Waals surface area contributed by atoms with Gasteiger partial charge in [0.05, 0.1) is 12.7 Å². The Morgan fingerprint density at radius 3 is 0.390 bits per heavy atom. The topological polar surface area (TPSA) is 227 Å². The van der Waals surface area contributed by atoms with Crippen molar-refractivity contribution in [2.45, 2.75) is 497 Å². The Morgan fingerprint density at radius 2 is 0.295 bits per heavy atom. The van der Waals surface area contributed by atoms with Crippen molar-refractivity contribution < 1.29 is 59.7 Å². The summed E-state index contributed by atoms with van der Waals surface area (Å²) in [5.41, 5.74) is 0. The maximum Gasteiger partial charge on any atom is 0.303 e. The van der Waals surface area contributed by atoms with Gasteiger partial charge in [0.15, 0.2) is 0 Å². The van der Waals surface area contributed by atoms with Crippen LogP contribution in [0.2, 0.25) is 0 Å². The first-order valence-electron chi connectivity index (χ1n) is 44.8. The lowest BCUT2D eigenvalue weighted by Gasteiger charge is -1.99. The molecule has 0 radical (unpaired) electrons. The molecule has 1 atom stereocenters. The predicted molar refractivity (Wildman–Crippen MR) is 454 cm³/mol. The van der Waals surface area contributed by atoms with Crippen LogP contribution in [0.1, 0.15) is 491 Å². The Labute approximate surface area is 650 Å². The van der Waals surface area contributed by atoms with Gasteiger partial charge in [-0.1, -0.05) is 352 Å². The highest BCUT2D eigenvalue weighted by atomic mass is 16.4. The monoisotopic (exact) mass is 1490 g/mol. The third kappa shape index (κ3) is 139. The van der Waals surface area contributed by atoms with E-state index in [0.717, 1.165) is 64.2 Å². The van der Waals surface area contributed by atoms with E-state index in [2.05, 4.69) is 95.4 Å². The Balaban J connectivity index is -0.000000287. The van der Waals surface area contributed by atoms with Crippen LogP contribution in [0.15, 0.2) is 60.8 Å². The van der Waals surface area contributed by atoms with Crippen molar-refractivity contribution in [2.75, 3.05) is 6.61 Å². The van der Waals surface area contributed by atoms with Crippen LogP contribution in [0.25, 0.3) is 0 Å². The number of carboxylic acid groups (broad SMARTS) is 5. The highest BCUT2D eigenvalue weighted by Gasteiger charge is 2.02. The first kappa shape index (κ1) is 112. The van der Waals surface area contributed by atoms with Gasteiger partial charge in [0.2, 0.25) is 0 Å². The zero-order valence-corrected chi connectivity index (χ0v) is 70.2. The first-order valence-corrected chi connectivity index (χ1v) is 44.8. The molecule has 0 saturated heterocycles. The molecule has 0 spiro atoms. The minimum absolute atomic E-state index is 0.139. The van der Waals surface area contributed by atoms with Crippen LogP contribution in [0.4, 0.5) is 0 Å². The molecule has 622 valence electrons. The average molecular weight is 1490 g/mol. The Bertz CT molecular complexity index is 1530. The van der Waals surface area contributed by atoms with Crippen molar-refractivity contribution in [1.29, 1.82) is 0 Å². The van der Waals surface area contributed by atoms with Gasteiger partial charge in [-0.25, -0.2) is 0 Å². The van der Waals surface area contributed by atoms with E-state index in [4.69, 9.17) is 35.7 Å². The largest absolute Gasteiger partial charge is 0.481 e. The van der Waals surface area contributed by atoms with Gasteiger partial charge in [-0.3, -0.25) is 24.0 Å². The summed E-state index contributed by atoms with van der Waals surface area (Å²) in [6.07, 6.45) is 106. The molecule has 1 unspecified atom stereocenters. The van der Waals surface area contributed by atoms with E-state index in [1.54, 1.807) is 0 Å². The fraction of sp³-hybridized carbons (Fsp3) is 0.839. The fourth-order valence-corrected chi connectivity index (χ4v) is 11.7. The molecule has 0 heterocycles. The molecule has 7 N–H and O–H groups in total. The van der Waals surface area contributed by atoms with Crippen LogP contribution in [0.5, 0.6) is 0 Å². The third-order valence-electron chi connectivity index (χ3n) is 18.5. The number of carbonyl (C=O) groups is 5. The van der Waals surface area contributed by atoms with Crippen LogP contribution < -0.4 is 0 Å². The number of aliphatic hydroxyl groups excluding tert-OH is 2. The van der Waals surface area contributed by atoms with Gasteiger partial charge < -0.3 is 35.7 Å². The standard InChI is InChI=1S/5C18H34O2.C3H8O2/c5*1-2-3-4-5-6-7-8-9-10-11-12-13-14-15-16-17-18(19)20;1-3(5)2-4/h5*9-10H,2-8,11-17H2,1H3,(H,19,20);3-5H,2H2,1H3/b5*10-9-;. The minimum Gasteiger partial charge on any atom is -0.481 e. The van der Waals surface area contributed by atoms with E-state index in [1.807, 2.05) is 0 Å². The Hall–Kier alpha value is -4.03. The molecule has 12 heteroatoms. The lowest BCUT2D eigenvalue weighted by Crippen LogP contribution is -2.03. The van der Waals surface area contributed by atoms with Gasteiger partial charge in [-0.2, -0.15) is 0 Å². The number of carboxylic acids is 5. The van der Waals surface area contributed by atoms with E-state index in [9.17, 15) is 24.0 Å².